The summed E-state index contributed by atoms with van der Waals surface area (Å²) in [5, 5.41) is 10.1. The molecule has 4 rings (SSSR count). The van der Waals surface area contributed by atoms with Gasteiger partial charge in [-0.15, -0.1) is 35.3 Å². The summed E-state index contributed by atoms with van der Waals surface area (Å²) in [6.07, 6.45) is 7.93. The lowest BCUT2D eigenvalue weighted by Crippen LogP contribution is -2.41. The highest BCUT2D eigenvalue weighted by Crippen LogP contribution is 2.27. The quantitative estimate of drug-likeness (QED) is 0.343. The second kappa shape index (κ2) is 11.5. The molecule has 0 saturated carbocycles. The second-order valence-electron chi connectivity index (χ2n) is 8.40. The Bertz CT molecular complexity index is 789. The molecule has 0 aromatic carbocycles. The first-order chi connectivity index (χ1) is 14.2. The average molecular weight is 543 g/mol. The van der Waals surface area contributed by atoms with Crippen molar-refractivity contribution in [2.24, 2.45) is 18.0 Å². The van der Waals surface area contributed by atoms with E-state index in [1.165, 1.54) is 42.8 Å². The molecule has 2 atom stereocenters. The van der Waals surface area contributed by atoms with E-state index in [9.17, 15) is 0 Å². The molecule has 6 nitrogen and oxygen atoms in total. The van der Waals surface area contributed by atoms with Crippen molar-refractivity contribution in [1.29, 1.82) is 0 Å². The summed E-state index contributed by atoms with van der Waals surface area (Å²) in [5.74, 6) is 2.31. The van der Waals surface area contributed by atoms with Crippen molar-refractivity contribution in [2.75, 3.05) is 39.3 Å². The molecule has 2 unspecified atom stereocenters. The van der Waals surface area contributed by atoms with Crippen molar-refractivity contribution in [3.8, 4) is 0 Å². The Labute approximate surface area is 201 Å². The van der Waals surface area contributed by atoms with Crippen LogP contribution >= 0.6 is 35.3 Å². The molecule has 0 bridgehead atoms. The Kier molecular flexibility index (Phi) is 9.00. The molecular weight excluding hydrogens is 507 g/mol. The van der Waals surface area contributed by atoms with Gasteiger partial charge in [-0.3, -0.25) is 14.6 Å². The van der Waals surface area contributed by atoms with Crippen LogP contribution in [-0.2, 0) is 13.6 Å². The molecule has 1 N–H and O–H groups in total. The molecular formula is C22H35IN6S. The third kappa shape index (κ3) is 6.20. The maximum atomic E-state index is 5.07. The minimum Gasteiger partial charge on any atom is -0.357 e. The van der Waals surface area contributed by atoms with Gasteiger partial charge in [-0.1, -0.05) is 6.07 Å². The van der Waals surface area contributed by atoms with Crippen molar-refractivity contribution in [1.82, 2.24) is 24.9 Å². The molecule has 2 aromatic rings. The van der Waals surface area contributed by atoms with Crippen molar-refractivity contribution in [3.05, 3.63) is 40.3 Å². The summed E-state index contributed by atoms with van der Waals surface area (Å²) in [5.41, 5.74) is 1.35. The molecule has 166 valence electrons. The van der Waals surface area contributed by atoms with Gasteiger partial charge in [0.1, 0.15) is 0 Å². The summed E-state index contributed by atoms with van der Waals surface area (Å²) >= 11 is 1.87. The van der Waals surface area contributed by atoms with Crippen molar-refractivity contribution < 1.29 is 0 Å². The highest BCUT2D eigenvalue weighted by Gasteiger charge is 2.27. The van der Waals surface area contributed by atoms with Gasteiger partial charge >= 0.3 is 0 Å². The van der Waals surface area contributed by atoms with Gasteiger partial charge < -0.3 is 10.2 Å². The van der Waals surface area contributed by atoms with Crippen molar-refractivity contribution in [2.45, 2.75) is 38.6 Å². The fourth-order valence-electron chi connectivity index (χ4n) is 4.58. The highest BCUT2D eigenvalue weighted by atomic mass is 127. The number of nitrogens with zero attached hydrogens (tertiary/aromatic N) is 5. The van der Waals surface area contributed by atoms with Gasteiger partial charge in [-0.2, -0.15) is 5.10 Å². The summed E-state index contributed by atoms with van der Waals surface area (Å²) in [6.45, 7) is 9.59. The molecule has 0 amide bonds. The second-order valence-corrected chi connectivity index (χ2v) is 9.43. The third-order valence-corrected chi connectivity index (χ3v) is 6.94. The Morgan fingerprint density at radius 3 is 2.93 bits per heavy atom. The fourth-order valence-corrected chi connectivity index (χ4v) is 5.33. The Morgan fingerprint density at radius 1 is 1.30 bits per heavy atom. The zero-order chi connectivity index (χ0) is 20.1. The van der Waals surface area contributed by atoms with Crippen LogP contribution in [0.25, 0.3) is 0 Å². The van der Waals surface area contributed by atoms with E-state index in [0.29, 0.717) is 11.8 Å². The fraction of sp³-hybridized carbons (Fsp3) is 0.636. The lowest BCUT2D eigenvalue weighted by molar-refractivity contribution is 0.172. The summed E-state index contributed by atoms with van der Waals surface area (Å²) < 4.78 is 1.91. The summed E-state index contributed by atoms with van der Waals surface area (Å²) in [7, 11) is 1.99. The number of aliphatic imine (C=N–C) groups is 1. The Hall–Kier alpha value is -1.13. The number of aromatic nitrogens is 2. The van der Waals surface area contributed by atoms with Crippen LogP contribution in [-0.4, -0.2) is 64.8 Å². The number of halogens is 1. The number of guanidine groups is 1. The van der Waals surface area contributed by atoms with Crippen LogP contribution in [0, 0.1) is 5.92 Å². The van der Waals surface area contributed by atoms with E-state index in [1.54, 1.807) is 0 Å². The molecule has 0 spiro atoms. The normalized spacial score (nSPS) is 22.9. The maximum Gasteiger partial charge on any atom is 0.193 e. The average Bonchev–Trinajstić information content (AvgIpc) is 3.47. The minimum atomic E-state index is 0. The first-order valence-electron chi connectivity index (χ1n) is 11.0. The SMILES string of the molecule is CCNC(=NCC1CCCN(Cc2cccs2)C1)N1CCC(c2cnn(C)c2)C1.I. The number of hydrogen-bond donors (Lipinski definition) is 1. The standard InChI is InChI=1S/C22H34N6S.HI/c1-3-23-22(28-10-8-19(16-28)20-13-25-26(2)15-20)24-12-18-6-4-9-27(14-18)17-21-7-5-11-29-21;/h5,7,11,13,15,18-19H,3-4,6,8-10,12,14,16-17H2,1-2H3,(H,23,24);1H. The predicted octanol–water partition coefficient (Wildman–Crippen LogP) is 3.77. The molecule has 2 saturated heterocycles. The lowest BCUT2D eigenvalue weighted by Gasteiger charge is -2.32. The molecule has 4 heterocycles. The van der Waals surface area contributed by atoms with Gasteiger partial charge in [0.05, 0.1) is 6.20 Å². The first-order valence-corrected chi connectivity index (χ1v) is 11.9. The number of hydrogen-bond acceptors (Lipinski definition) is 4. The van der Waals surface area contributed by atoms with Crippen LogP contribution in [0.4, 0.5) is 0 Å². The van der Waals surface area contributed by atoms with E-state index in [4.69, 9.17) is 4.99 Å². The zero-order valence-corrected chi connectivity index (χ0v) is 21.3. The van der Waals surface area contributed by atoms with Crippen LogP contribution in [0.15, 0.2) is 34.9 Å². The smallest absolute Gasteiger partial charge is 0.193 e. The van der Waals surface area contributed by atoms with Crippen LogP contribution in [0.1, 0.15) is 42.5 Å². The van der Waals surface area contributed by atoms with Gasteiger partial charge in [0.15, 0.2) is 5.96 Å². The third-order valence-electron chi connectivity index (χ3n) is 6.08. The summed E-state index contributed by atoms with van der Waals surface area (Å²) in [6, 6.07) is 4.41. The summed E-state index contributed by atoms with van der Waals surface area (Å²) in [4.78, 5) is 11.6. The monoisotopic (exact) mass is 542 g/mol. The molecule has 8 heteroatoms. The van der Waals surface area contributed by atoms with Crippen molar-refractivity contribution >= 4 is 41.3 Å². The Balaban J connectivity index is 0.00000256. The molecule has 30 heavy (non-hydrogen) atoms. The van der Waals surface area contributed by atoms with Crippen LogP contribution in [0.2, 0.25) is 0 Å². The lowest BCUT2D eigenvalue weighted by atomic mass is 9.98. The van der Waals surface area contributed by atoms with Gasteiger partial charge in [0.25, 0.3) is 0 Å². The zero-order valence-electron chi connectivity index (χ0n) is 18.2. The van der Waals surface area contributed by atoms with Gasteiger partial charge in [-0.25, -0.2) is 0 Å². The van der Waals surface area contributed by atoms with Gasteiger partial charge in [-0.05, 0) is 55.7 Å². The van der Waals surface area contributed by atoms with Crippen molar-refractivity contribution in [3.63, 3.8) is 0 Å². The molecule has 2 aliphatic heterocycles. The highest BCUT2D eigenvalue weighted by molar-refractivity contribution is 14.0. The number of nitrogens with one attached hydrogen (secondary N) is 1. The number of thiophene rings is 1. The first kappa shape index (κ1) is 23.5. The van der Waals surface area contributed by atoms with E-state index < -0.39 is 0 Å². The minimum absolute atomic E-state index is 0. The van der Waals surface area contributed by atoms with E-state index in [1.807, 2.05) is 29.3 Å². The molecule has 0 aliphatic carbocycles. The largest absolute Gasteiger partial charge is 0.357 e. The topological polar surface area (TPSA) is 48.7 Å². The van der Waals surface area contributed by atoms with Crippen LogP contribution in [0.5, 0.6) is 0 Å². The van der Waals surface area contributed by atoms with E-state index in [0.717, 1.165) is 38.7 Å². The molecule has 2 fully saturated rings. The van der Waals surface area contributed by atoms with Crippen LogP contribution < -0.4 is 5.32 Å². The molecule has 2 aromatic heterocycles. The number of aryl methyl sites for hydroxylation is 1. The van der Waals surface area contributed by atoms with Crippen LogP contribution in [0.3, 0.4) is 0 Å². The maximum absolute atomic E-state index is 5.07. The van der Waals surface area contributed by atoms with E-state index in [2.05, 4.69) is 50.8 Å². The van der Waals surface area contributed by atoms with E-state index in [-0.39, 0.29) is 24.0 Å². The van der Waals surface area contributed by atoms with Gasteiger partial charge in [0.2, 0.25) is 0 Å². The van der Waals surface area contributed by atoms with Gasteiger partial charge in [0, 0.05) is 63.3 Å². The number of likely N-dealkylation sites (tertiary alicyclic amines) is 2. The predicted molar refractivity (Wildman–Crippen MR) is 136 cm³/mol. The Morgan fingerprint density at radius 2 is 2.20 bits per heavy atom. The van der Waals surface area contributed by atoms with E-state index >= 15 is 0 Å². The molecule has 0 radical (unpaired) electrons. The number of piperidine rings is 1. The number of rotatable bonds is 6. The molecule has 2 aliphatic rings.